The third-order valence-corrected chi connectivity index (χ3v) is 2.95. The van der Waals surface area contributed by atoms with Gasteiger partial charge in [0.05, 0.1) is 12.5 Å². The van der Waals surface area contributed by atoms with Gasteiger partial charge >= 0.3 is 5.97 Å². The molecule has 2 aromatic rings. The van der Waals surface area contributed by atoms with Crippen molar-refractivity contribution in [3.63, 3.8) is 0 Å². The molecule has 1 amide bonds. The van der Waals surface area contributed by atoms with Crippen molar-refractivity contribution in [1.29, 1.82) is 0 Å². The maximum absolute atomic E-state index is 12.1. The van der Waals surface area contributed by atoms with Gasteiger partial charge in [-0.15, -0.1) is 0 Å². The van der Waals surface area contributed by atoms with E-state index in [0.29, 0.717) is 5.56 Å². The fourth-order valence-corrected chi connectivity index (χ4v) is 1.94. The molecule has 108 valence electrons. The highest BCUT2D eigenvalue weighted by molar-refractivity contribution is 5.94. The zero-order valence-electron chi connectivity index (χ0n) is 11.1. The third kappa shape index (κ3) is 3.79. The standard InChI is InChI=1S/C15H14N2O4/c18-13-6-7-16-9-11(13)15(21)17-12(8-14(19)20)10-4-2-1-3-5-10/h1-7,9,12H,8H2,(H,16,18)(H,17,21)(H,19,20). The number of aliphatic carboxylic acids is 1. The average molecular weight is 286 g/mol. The van der Waals surface area contributed by atoms with Crippen molar-refractivity contribution in [2.75, 3.05) is 0 Å². The summed E-state index contributed by atoms with van der Waals surface area (Å²) >= 11 is 0. The number of benzene rings is 1. The van der Waals surface area contributed by atoms with E-state index in [1.54, 1.807) is 30.3 Å². The molecule has 3 N–H and O–H groups in total. The van der Waals surface area contributed by atoms with Crippen LogP contribution in [0.25, 0.3) is 0 Å². The van der Waals surface area contributed by atoms with E-state index < -0.39 is 23.3 Å². The van der Waals surface area contributed by atoms with E-state index in [0.717, 1.165) is 0 Å². The Balaban J connectivity index is 2.23. The minimum absolute atomic E-state index is 0.0520. The topological polar surface area (TPSA) is 99.3 Å². The van der Waals surface area contributed by atoms with Crippen molar-refractivity contribution in [3.05, 3.63) is 70.1 Å². The van der Waals surface area contributed by atoms with Crippen LogP contribution in [-0.2, 0) is 4.79 Å². The molecule has 0 fully saturated rings. The average Bonchev–Trinajstić information content (AvgIpc) is 2.47. The maximum atomic E-state index is 12.1. The van der Waals surface area contributed by atoms with Crippen LogP contribution in [0.1, 0.15) is 28.4 Å². The Kier molecular flexibility index (Phi) is 4.50. The summed E-state index contributed by atoms with van der Waals surface area (Å²) in [4.78, 5) is 37.3. The highest BCUT2D eigenvalue weighted by Crippen LogP contribution is 2.16. The van der Waals surface area contributed by atoms with Gasteiger partial charge in [0.15, 0.2) is 5.43 Å². The number of carboxylic acid groups (broad SMARTS) is 1. The number of nitrogens with one attached hydrogen (secondary N) is 2. The van der Waals surface area contributed by atoms with Crippen LogP contribution in [-0.4, -0.2) is 22.0 Å². The number of amides is 1. The van der Waals surface area contributed by atoms with Crippen molar-refractivity contribution in [2.24, 2.45) is 0 Å². The number of aromatic amines is 1. The second kappa shape index (κ2) is 6.51. The first-order chi connectivity index (χ1) is 10.1. The molecule has 6 nitrogen and oxygen atoms in total. The number of pyridine rings is 1. The number of rotatable bonds is 5. The molecule has 0 saturated carbocycles. The van der Waals surface area contributed by atoms with Gasteiger partial charge in [-0.25, -0.2) is 0 Å². The van der Waals surface area contributed by atoms with Gasteiger partial charge in [0.1, 0.15) is 5.56 Å². The summed E-state index contributed by atoms with van der Waals surface area (Å²) in [5.41, 5.74) is 0.192. The zero-order valence-corrected chi connectivity index (χ0v) is 11.1. The predicted molar refractivity (Wildman–Crippen MR) is 76.0 cm³/mol. The second-order valence-corrected chi connectivity index (χ2v) is 4.46. The lowest BCUT2D eigenvalue weighted by atomic mass is 10.0. The monoisotopic (exact) mass is 286 g/mol. The normalized spacial score (nSPS) is 11.6. The van der Waals surface area contributed by atoms with E-state index in [1.807, 2.05) is 0 Å². The van der Waals surface area contributed by atoms with Gasteiger partial charge in [0.2, 0.25) is 0 Å². The zero-order chi connectivity index (χ0) is 15.2. The van der Waals surface area contributed by atoms with Gasteiger partial charge in [-0.1, -0.05) is 30.3 Å². The van der Waals surface area contributed by atoms with Crippen LogP contribution in [0, 0.1) is 0 Å². The molecule has 0 bridgehead atoms. The molecule has 2 rings (SSSR count). The van der Waals surface area contributed by atoms with Crippen LogP contribution in [0.2, 0.25) is 0 Å². The minimum Gasteiger partial charge on any atom is -0.481 e. The van der Waals surface area contributed by atoms with Gasteiger partial charge < -0.3 is 15.4 Å². The van der Waals surface area contributed by atoms with Crippen LogP contribution in [0.5, 0.6) is 0 Å². The summed E-state index contributed by atoms with van der Waals surface area (Å²) in [6.45, 7) is 0. The Hall–Kier alpha value is -2.89. The molecule has 0 aliphatic rings. The molecule has 6 heteroatoms. The fraction of sp³-hybridized carbons (Fsp3) is 0.133. The van der Waals surface area contributed by atoms with Crippen molar-refractivity contribution >= 4 is 11.9 Å². The summed E-state index contributed by atoms with van der Waals surface area (Å²) in [7, 11) is 0. The molecule has 1 aromatic heterocycles. The summed E-state index contributed by atoms with van der Waals surface area (Å²) in [5, 5.41) is 11.5. The summed E-state index contributed by atoms with van der Waals surface area (Å²) in [6, 6.07) is 9.30. The highest BCUT2D eigenvalue weighted by atomic mass is 16.4. The SMILES string of the molecule is O=C(O)CC(NC(=O)c1c[nH]ccc1=O)c1ccccc1. The van der Waals surface area contributed by atoms with E-state index in [4.69, 9.17) is 5.11 Å². The van der Waals surface area contributed by atoms with Crippen LogP contribution >= 0.6 is 0 Å². The molecule has 0 aliphatic heterocycles. The van der Waals surface area contributed by atoms with Crippen molar-refractivity contribution in [2.45, 2.75) is 12.5 Å². The quantitative estimate of drug-likeness (QED) is 0.771. The molecule has 0 spiro atoms. The first-order valence-corrected chi connectivity index (χ1v) is 6.32. The van der Waals surface area contributed by atoms with E-state index in [9.17, 15) is 14.4 Å². The molecule has 0 saturated heterocycles. The number of carboxylic acids is 1. The number of carbonyl (C=O) groups is 2. The Morgan fingerprint density at radius 3 is 2.52 bits per heavy atom. The van der Waals surface area contributed by atoms with Crippen LogP contribution in [0.15, 0.2) is 53.6 Å². The number of H-pyrrole nitrogens is 1. The van der Waals surface area contributed by atoms with Gasteiger partial charge in [-0.2, -0.15) is 0 Å². The van der Waals surface area contributed by atoms with Gasteiger partial charge in [0, 0.05) is 18.5 Å². The molecule has 1 heterocycles. The Morgan fingerprint density at radius 2 is 1.90 bits per heavy atom. The minimum atomic E-state index is -1.04. The maximum Gasteiger partial charge on any atom is 0.305 e. The molecule has 1 atom stereocenters. The molecule has 0 aliphatic carbocycles. The molecule has 1 unspecified atom stereocenters. The first kappa shape index (κ1) is 14.5. The van der Waals surface area contributed by atoms with Crippen molar-refractivity contribution < 1.29 is 14.7 Å². The lowest BCUT2D eigenvalue weighted by Crippen LogP contribution is -2.33. The number of hydrogen-bond acceptors (Lipinski definition) is 3. The molecule has 1 aromatic carbocycles. The Bertz CT molecular complexity index is 694. The lowest BCUT2D eigenvalue weighted by molar-refractivity contribution is -0.137. The van der Waals surface area contributed by atoms with E-state index >= 15 is 0 Å². The predicted octanol–water partition coefficient (Wildman–Crippen LogP) is 1.32. The van der Waals surface area contributed by atoms with Gasteiger partial charge in [-0.05, 0) is 5.56 Å². The van der Waals surface area contributed by atoms with Crippen LogP contribution < -0.4 is 10.7 Å². The van der Waals surface area contributed by atoms with E-state index in [1.165, 1.54) is 18.5 Å². The summed E-state index contributed by atoms with van der Waals surface area (Å²) in [5.74, 6) is -1.64. The third-order valence-electron chi connectivity index (χ3n) is 2.95. The van der Waals surface area contributed by atoms with Gasteiger partial charge in [0.25, 0.3) is 5.91 Å². The van der Waals surface area contributed by atoms with E-state index in [2.05, 4.69) is 10.3 Å². The highest BCUT2D eigenvalue weighted by Gasteiger charge is 2.19. The molecular weight excluding hydrogens is 272 g/mol. The molecule has 21 heavy (non-hydrogen) atoms. The first-order valence-electron chi connectivity index (χ1n) is 6.32. The van der Waals surface area contributed by atoms with E-state index in [-0.39, 0.29) is 12.0 Å². The fourth-order valence-electron chi connectivity index (χ4n) is 1.94. The van der Waals surface area contributed by atoms with Crippen LogP contribution in [0.3, 0.4) is 0 Å². The Labute approximate surface area is 120 Å². The summed E-state index contributed by atoms with van der Waals surface area (Å²) < 4.78 is 0. The Morgan fingerprint density at radius 1 is 1.19 bits per heavy atom. The second-order valence-electron chi connectivity index (χ2n) is 4.46. The number of carbonyl (C=O) groups excluding carboxylic acids is 1. The molecular formula is C15H14N2O4. The van der Waals surface area contributed by atoms with Crippen molar-refractivity contribution in [3.8, 4) is 0 Å². The van der Waals surface area contributed by atoms with Crippen molar-refractivity contribution in [1.82, 2.24) is 10.3 Å². The number of aromatic nitrogens is 1. The largest absolute Gasteiger partial charge is 0.481 e. The smallest absolute Gasteiger partial charge is 0.305 e. The summed E-state index contributed by atoms with van der Waals surface area (Å²) in [6.07, 6.45) is 2.45. The molecule has 0 radical (unpaired) electrons. The number of hydrogen-bond donors (Lipinski definition) is 3. The van der Waals surface area contributed by atoms with Crippen LogP contribution in [0.4, 0.5) is 0 Å². The van der Waals surface area contributed by atoms with Gasteiger partial charge in [-0.3, -0.25) is 14.4 Å². The lowest BCUT2D eigenvalue weighted by Gasteiger charge is -2.17.